The van der Waals surface area contributed by atoms with Crippen LogP contribution in [-0.2, 0) is 10.0 Å². The second kappa shape index (κ2) is 8.29. The fraction of sp³-hybridized carbons (Fsp3) is 0.0909. The molecule has 158 valence electrons. The van der Waals surface area contributed by atoms with Gasteiger partial charge in [0, 0.05) is 17.9 Å². The van der Waals surface area contributed by atoms with Crippen LogP contribution in [0.1, 0.15) is 17.3 Å². The Morgan fingerprint density at radius 2 is 1.81 bits per heavy atom. The van der Waals surface area contributed by atoms with Crippen molar-refractivity contribution in [3.05, 3.63) is 84.4 Å². The number of sulfonamides is 1. The summed E-state index contributed by atoms with van der Waals surface area (Å²) >= 11 is 0. The second-order valence-corrected chi connectivity index (χ2v) is 8.51. The van der Waals surface area contributed by atoms with E-state index in [0.717, 1.165) is 34.9 Å². The number of rotatable bonds is 6. The van der Waals surface area contributed by atoms with Gasteiger partial charge >= 0.3 is 0 Å². The minimum absolute atomic E-state index is 0.178. The summed E-state index contributed by atoms with van der Waals surface area (Å²) in [5.74, 6) is -1.55. The van der Waals surface area contributed by atoms with E-state index >= 15 is 0 Å². The highest BCUT2D eigenvalue weighted by atomic mass is 32.2. The Morgan fingerprint density at radius 3 is 2.55 bits per heavy atom. The monoisotopic (exact) mass is 438 g/mol. The average Bonchev–Trinajstić information content (AvgIpc) is 3.18. The van der Waals surface area contributed by atoms with Gasteiger partial charge in [-0.15, -0.1) is 0 Å². The zero-order valence-corrected chi connectivity index (χ0v) is 17.4. The van der Waals surface area contributed by atoms with Gasteiger partial charge in [0.1, 0.15) is 12.1 Å². The first-order valence-corrected chi connectivity index (χ1v) is 11.0. The fourth-order valence-corrected chi connectivity index (χ4v) is 4.25. The minimum Gasteiger partial charge on any atom is -0.322 e. The molecule has 0 saturated heterocycles. The van der Waals surface area contributed by atoms with Gasteiger partial charge in [0.2, 0.25) is 10.0 Å². The molecule has 0 fully saturated rings. The number of imidazole rings is 1. The molecule has 1 aromatic heterocycles. The molecule has 4 rings (SSSR count). The number of nitrogens with zero attached hydrogens (tertiary/aromatic N) is 2. The molecule has 0 aliphatic carbocycles. The highest BCUT2D eigenvalue weighted by molar-refractivity contribution is 7.89. The van der Waals surface area contributed by atoms with Crippen molar-refractivity contribution in [1.29, 1.82) is 0 Å². The molecule has 0 atom stereocenters. The Hall–Kier alpha value is -3.56. The van der Waals surface area contributed by atoms with E-state index in [1.807, 2.05) is 28.8 Å². The van der Waals surface area contributed by atoms with Crippen molar-refractivity contribution in [1.82, 2.24) is 14.3 Å². The number of anilines is 1. The molecule has 0 unspecified atom stereocenters. The number of carbonyl (C=O) groups excluding carboxylic acids is 1. The third-order valence-corrected chi connectivity index (χ3v) is 6.23. The molecule has 4 aromatic rings. The van der Waals surface area contributed by atoms with Crippen LogP contribution in [0.2, 0.25) is 0 Å². The number of benzene rings is 3. The maximum Gasteiger partial charge on any atom is 0.258 e. The number of halogens is 1. The molecular formula is C22H19FN4O3S. The first kappa shape index (κ1) is 20.7. The molecule has 0 saturated carbocycles. The second-order valence-electron chi connectivity index (χ2n) is 6.75. The van der Waals surface area contributed by atoms with E-state index in [0.29, 0.717) is 5.69 Å². The number of hydrogen-bond donors (Lipinski definition) is 2. The summed E-state index contributed by atoms with van der Waals surface area (Å²) in [6.07, 6.45) is 1.71. The van der Waals surface area contributed by atoms with Gasteiger partial charge in [0.05, 0.1) is 21.5 Å². The van der Waals surface area contributed by atoms with E-state index in [1.165, 1.54) is 0 Å². The largest absolute Gasteiger partial charge is 0.322 e. The van der Waals surface area contributed by atoms with Gasteiger partial charge in [-0.3, -0.25) is 9.36 Å². The third-order valence-electron chi connectivity index (χ3n) is 4.68. The quantitative estimate of drug-likeness (QED) is 0.480. The topological polar surface area (TPSA) is 93.1 Å². The number of aromatic nitrogens is 2. The van der Waals surface area contributed by atoms with Crippen molar-refractivity contribution in [2.24, 2.45) is 0 Å². The van der Waals surface area contributed by atoms with Crippen LogP contribution in [0.3, 0.4) is 0 Å². The minimum atomic E-state index is -3.81. The van der Waals surface area contributed by atoms with E-state index in [4.69, 9.17) is 0 Å². The number of hydrogen-bond acceptors (Lipinski definition) is 4. The summed E-state index contributed by atoms with van der Waals surface area (Å²) in [5.41, 5.74) is 2.74. The Labute approximate surface area is 178 Å². The van der Waals surface area contributed by atoms with Gasteiger partial charge in [0.15, 0.2) is 0 Å². The molecule has 9 heteroatoms. The van der Waals surface area contributed by atoms with Crippen LogP contribution in [0.25, 0.3) is 16.7 Å². The van der Waals surface area contributed by atoms with Gasteiger partial charge in [-0.25, -0.2) is 22.5 Å². The maximum atomic E-state index is 14.2. The van der Waals surface area contributed by atoms with Crippen LogP contribution in [0.4, 0.5) is 10.1 Å². The number of para-hydroxylation sites is 2. The molecule has 0 bridgehead atoms. The smallest absolute Gasteiger partial charge is 0.258 e. The number of fused-ring (bicyclic) bond motifs is 1. The maximum absolute atomic E-state index is 14.2. The zero-order valence-electron chi connectivity index (χ0n) is 16.5. The van der Waals surface area contributed by atoms with Crippen molar-refractivity contribution in [3.63, 3.8) is 0 Å². The van der Waals surface area contributed by atoms with Crippen molar-refractivity contribution in [2.75, 3.05) is 11.9 Å². The van der Waals surface area contributed by atoms with E-state index in [-0.39, 0.29) is 17.0 Å². The molecule has 31 heavy (non-hydrogen) atoms. The standard InChI is InChI=1S/C22H19FN4O3S/c1-2-25-31(29,30)17-11-12-19(23)18(13-17)22(28)26-15-7-9-16(10-8-15)27-14-24-20-5-3-4-6-21(20)27/h3-14,25H,2H2,1H3,(H,26,28). The van der Waals surface area contributed by atoms with Crippen LogP contribution in [0.15, 0.2) is 78.0 Å². The summed E-state index contributed by atoms with van der Waals surface area (Å²) in [4.78, 5) is 16.8. The van der Waals surface area contributed by atoms with Gasteiger partial charge in [-0.1, -0.05) is 19.1 Å². The lowest BCUT2D eigenvalue weighted by molar-refractivity contribution is 0.102. The summed E-state index contributed by atoms with van der Waals surface area (Å²) in [5, 5.41) is 2.60. The molecule has 0 spiro atoms. The predicted octanol–water partition coefficient (Wildman–Crippen LogP) is 3.72. The molecule has 3 aromatic carbocycles. The van der Waals surface area contributed by atoms with Crippen LogP contribution in [-0.4, -0.2) is 30.4 Å². The fourth-order valence-electron chi connectivity index (χ4n) is 3.19. The van der Waals surface area contributed by atoms with Crippen LogP contribution >= 0.6 is 0 Å². The van der Waals surface area contributed by atoms with Crippen molar-refractivity contribution < 1.29 is 17.6 Å². The number of nitrogens with one attached hydrogen (secondary N) is 2. The summed E-state index contributed by atoms with van der Waals surface area (Å²) in [7, 11) is -3.81. The predicted molar refractivity (Wildman–Crippen MR) is 116 cm³/mol. The Morgan fingerprint density at radius 1 is 1.06 bits per heavy atom. The third kappa shape index (κ3) is 4.18. The van der Waals surface area contributed by atoms with Crippen LogP contribution in [0.5, 0.6) is 0 Å². The van der Waals surface area contributed by atoms with E-state index in [9.17, 15) is 17.6 Å². The Kier molecular flexibility index (Phi) is 5.53. The summed E-state index contributed by atoms with van der Waals surface area (Å²) in [6, 6.07) is 17.8. The van der Waals surface area contributed by atoms with Gasteiger partial charge in [-0.05, 0) is 54.6 Å². The molecular weight excluding hydrogens is 419 g/mol. The summed E-state index contributed by atoms with van der Waals surface area (Å²) < 4.78 is 42.7. The lowest BCUT2D eigenvalue weighted by Crippen LogP contribution is -2.24. The van der Waals surface area contributed by atoms with E-state index in [1.54, 1.807) is 37.5 Å². The molecule has 0 aliphatic rings. The lowest BCUT2D eigenvalue weighted by atomic mass is 10.2. The molecule has 1 heterocycles. The van der Waals surface area contributed by atoms with Crippen LogP contribution in [0, 0.1) is 5.82 Å². The van der Waals surface area contributed by atoms with E-state index in [2.05, 4.69) is 15.0 Å². The van der Waals surface area contributed by atoms with Gasteiger partial charge in [0.25, 0.3) is 5.91 Å². The van der Waals surface area contributed by atoms with Gasteiger partial charge < -0.3 is 5.32 Å². The van der Waals surface area contributed by atoms with Crippen molar-refractivity contribution >= 4 is 32.7 Å². The lowest BCUT2D eigenvalue weighted by Gasteiger charge is -2.10. The van der Waals surface area contributed by atoms with Crippen molar-refractivity contribution in [2.45, 2.75) is 11.8 Å². The Bertz CT molecular complexity index is 1370. The highest BCUT2D eigenvalue weighted by Crippen LogP contribution is 2.21. The Balaban J connectivity index is 1.57. The van der Waals surface area contributed by atoms with Crippen LogP contribution < -0.4 is 10.0 Å². The SMILES string of the molecule is CCNS(=O)(=O)c1ccc(F)c(C(=O)Nc2ccc(-n3cnc4ccccc43)cc2)c1. The van der Waals surface area contributed by atoms with E-state index < -0.39 is 21.7 Å². The summed E-state index contributed by atoms with van der Waals surface area (Å²) in [6.45, 7) is 1.81. The first-order valence-electron chi connectivity index (χ1n) is 9.52. The highest BCUT2D eigenvalue weighted by Gasteiger charge is 2.19. The number of carbonyl (C=O) groups is 1. The zero-order chi connectivity index (χ0) is 22.0. The molecule has 2 N–H and O–H groups in total. The number of amides is 1. The molecule has 7 nitrogen and oxygen atoms in total. The normalized spacial score (nSPS) is 11.5. The molecule has 1 amide bonds. The molecule has 0 radical (unpaired) electrons. The average molecular weight is 438 g/mol. The first-order chi connectivity index (χ1) is 14.9. The molecule has 0 aliphatic heterocycles. The van der Waals surface area contributed by atoms with Gasteiger partial charge in [-0.2, -0.15) is 0 Å². The van der Waals surface area contributed by atoms with Crippen molar-refractivity contribution in [3.8, 4) is 5.69 Å².